The van der Waals surface area contributed by atoms with E-state index in [9.17, 15) is 0 Å². The van der Waals surface area contributed by atoms with Gasteiger partial charge in [0, 0.05) is 7.11 Å². The predicted octanol–water partition coefficient (Wildman–Crippen LogP) is 3.93. The highest BCUT2D eigenvalue weighted by molar-refractivity contribution is 5.01. The lowest BCUT2D eigenvalue weighted by Gasteiger charge is -2.32. The van der Waals surface area contributed by atoms with E-state index in [0.29, 0.717) is 13.2 Å². The van der Waals surface area contributed by atoms with Gasteiger partial charge in [-0.1, -0.05) is 31.4 Å². The average molecular weight is 282 g/mol. The van der Waals surface area contributed by atoms with E-state index in [1.807, 2.05) is 6.92 Å². The quantitative estimate of drug-likeness (QED) is 0.402. The van der Waals surface area contributed by atoms with Crippen LogP contribution < -0.4 is 0 Å². The van der Waals surface area contributed by atoms with Crippen LogP contribution in [0.3, 0.4) is 0 Å². The number of allylic oxidation sites excluding steroid dienone is 1. The Labute approximate surface area is 123 Å². The molecule has 0 N–H and O–H groups in total. The minimum absolute atomic E-state index is 0.142. The van der Waals surface area contributed by atoms with Gasteiger partial charge in [-0.15, -0.1) is 0 Å². The third kappa shape index (κ3) is 5.19. The monoisotopic (exact) mass is 282 g/mol. The summed E-state index contributed by atoms with van der Waals surface area (Å²) in [5.41, 5.74) is 0. The van der Waals surface area contributed by atoms with Crippen molar-refractivity contribution in [3.63, 3.8) is 0 Å². The summed E-state index contributed by atoms with van der Waals surface area (Å²) in [6, 6.07) is 0. The molecule has 2 aliphatic carbocycles. The molecule has 1 saturated carbocycles. The van der Waals surface area contributed by atoms with Gasteiger partial charge in [0.15, 0.2) is 6.29 Å². The van der Waals surface area contributed by atoms with Crippen LogP contribution >= 0.6 is 0 Å². The van der Waals surface area contributed by atoms with Gasteiger partial charge in [0.1, 0.15) is 0 Å². The molecule has 3 atom stereocenters. The lowest BCUT2D eigenvalue weighted by molar-refractivity contribution is -0.124. The van der Waals surface area contributed by atoms with Crippen molar-refractivity contribution < 1.29 is 14.2 Å². The highest BCUT2D eigenvalue weighted by atomic mass is 16.7. The Bertz CT molecular complexity index is 284. The number of rotatable bonds is 7. The molecular formula is C17H30O3. The highest BCUT2D eigenvalue weighted by Crippen LogP contribution is 2.35. The van der Waals surface area contributed by atoms with Crippen molar-refractivity contribution in [2.24, 2.45) is 11.8 Å². The first-order chi connectivity index (χ1) is 9.79. The fraction of sp³-hybridized carbons (Fsp3) is 0.882. The summed E-state index contributed by atoms with van der Waals surface area (Å²) in [4.78, 5) is 0. The van der Waals surface area contributed by atoms with Crippen molar-refractivity contribution in [3.8, 4) is 0 Å². The van der Waals surface area contributed by atoms with Crippen LogP contribution in [0.5, 0.6) is 0 Å². The van der Waals surface area contributed by atoms with E-state index in [2.05, 4.69) is 12.2 Å². The zero-order chi connectivity index (χ0) is 14.2. The van der Waals surface area contributed by atoms with Crippen LogP contribution in [0.1, 0.15) is 51.9 Å². The third-order valence-corrected chi connectivity index (χ3v) is 4.71. The van der Waals surface area contributed by atoms with E-state index < -0.39 is 0 Å². The Balaban J connectivity index is 1.62. The second kappa shape index (κ2) is 8.81. The molecule has 3 nitrogen and oxygen atoms in total. The molecule has 0 bridgehead atoms. The zero-order valence-corrected chi connectivity index (χ0v) is 13.1. The maximum atomic E-state index is 5.85. The summed E-state index contributed by atoms with van der Waals surface area (Å²) in [6.45, 7) is 3.15. The SMILES string of the molecule is COC(C)OCCOC1C=CC(C2CCCCC2)CC1. The molecule has 3 heteroatoms. The van der Waals surface area contributed by atoms with E-state index in [-0.39, 0.29) is 12.4 Å². The van der Waals surface area contributed by atoms with Crippen LogP contribution in [0.15, 0.2) is 12.2 Å². The molecule has 116 valence electrons. The molecule has 0 aromatic heterocycles. The van der Waals surface area contributed by atoms with Crippen molar-refractivity contribution in [2.75, 3.05) is 20.3 Å². The van der Waals surface area contributed by atoms with Crippen LogP contribution in [-0.4, -0.2) is 32.7 Å². The largest absolute Gasteiger partial charge is 0.372 e. The molecule has 2 aliphatic rings. The van der Waals surface area contributed by atoms with Crippen LogP contribution in [0.2, 0.25) is 0 Å². The predicted molar refractivity (Wildman–Crippen MR) is 80.6 cm³/mol. The summed E-state index contributed by atoms with van der Waals surface area (Å²) >= 11 is 0. The molecule has 0 aliphatic heterocycles. The topological polar surface area (TPSA) is 27.7 Å². The van der Waals surface area contributed by atoms with Gasteiger partial charge in [-0.3, -0.25) is 0 Å². The second-order valence-corrected chi connectivity index (χ2v) is 6.11. The summed E-state index contributed by atoms with van der Waals surface area (Å²) < 4.78 is 16.3. The van der Waals surface area contributed by atoms with Crippen molar-refractivity contribution in [1.29, 1.82) is 0 Å². The van der Waals surface area contributed by atoms with E-state index in [4.69, 9.17) is 14.2 Å². The van der Waals surface area contributed by atoms with Gasteiger partial charge in [0.25, 0.3) is 0 Å². The summed E-state index contributed by atoms with van der Waals surface area (Å²) in [6.07, 6.45) is 14.5. The number of hydrogen-bond donors (Lipinski definition) is 0. The van der Waals surface area contributed by atoms with Gasteiger partial charge in [-0.25, -0.2) is 0 Å². The van der Waals surface area contributed by atoms with Gasteiger partial charge in [-0.05, 0) is 44.4 Å². The van der Waals surface area contributed by atoms with Crippen molar-refractivity contribution >= 4 is 0 Å². The second-order valence-electron chi connectivity index (χ2n) is 6.11. The molecule has 20 heavy (non-hydrogen) atoms. The van der Waals surface area contributed by atoms with Crippen LogP contribution in [0, 0.1) is 11.8 Å². The number of methoxy groups -OCH3 is 1. The first-order valence-corrected chi connectivity index (χ1v) is 8.24. The van der Waals surface area contributed by atoms with Gasteiger partial charge >= 0.3 is 0 Å². The third-order valence-electron chi connectivity index (χ3n) is 4.71. The van der Waals surface area contributed by atoms with Crippen molar-refractivity contribution in [1.82, 2.24) is 0 Å². The van der Waals surface area contributed by atoms with Crippen LogP contribution in [0.4, 0.5) is 0 Å². The maximum Gasteiger partial charge on any atom is 0.154 e. The fourth-order valence-corrected chi connectivity index (χ4v) is 3.39. The smallest absolute Gasteiger partial charge is 0.154 e. The molecule has 1 fully saturated rings. The molecular weight excluding hydrogens is 252 g/mol. The van der Waals surface area contributed by atoms with E-state index in [0.717, 1.165) is 18.3 Å². The molecule has 0 spiro atoms. The van der Waals surface area contributed by atoms with Crippen LogP contribution in [0.25, 0.3) is 0 Å². The van der Waals surface area contributed by atoms with Crippen molar-refractivity contribution in [2.45, 2.75) is 64.3 Å². The first-order valence-electron chi connectivity index (χ1n) is 8.24. The minimum atomic E-state index is -0.142. The molecule has 0 aromatic rings. The molecule has 0 heterocycles. The lowest BCUT2D eigenvalue weighted by atomic mass is 9.76. The first kappa shape index (κ1) is 16.0. The fourth-order valence-electron chi connectivity index (χ4n) is 3.39. The summed E-state index contributed by atoms with van der Waals surface area (Å²) in [5, 5.41) is 0. The molecule has 3 unspecified atom stereocenters. The van der Waals surface area contributed by atoms with Gasteiger partial charge in [0.05, 0.1) is 19.3 Å². The molecule has 0 saturated heterocycles. The summed E-state index contributed by atoms with van der Waals surface area (Å²) in [5.74, 6) is 1.74. The Kier molecular flexibility index (Phi) is 7.05. The highest BCUT2D eigenvalue weighted by Gasteiger charge is 2.25. The molecule has 2 rings (SSSR count). The van der Waals surface area contributed by atoms with Gasteiger partial charge in [-0.2, -0.15) is 0 Å². The zero-order valence-electron chi connectivity index (χ0n) is 13.1. The Morgan fingerprint density at radius 3 is 2.45 bits per heavy atom. The molecule has 0 aromatic carbocycles. The van der Waals surface area contributed by atoms with Crippen molar-refractivity contribution in [3.05, 3.63) is 12.2 Å². The maximum absolute atomic E-state index is 5.85. The Morgan fingerprint density at radius 2 is 1.80 bits per heavy atom. The Hall–Kier alpha value is -0.380. The number of ether oxygens (including phenoxy) is 3. The molecule has 0 radical (unpaired) electrons. The average Bonchev–Trinajstić information content (AvgIpc) is 2.52. The molecule has 0 amide bonds. The minimum Gasteiger partial charge on any atom is -0.372 e. The number of hydrogen-bond acceptors (Lipinski definition) is 3. The van der Waals surface area contributed by atoms with E-state index in [1.54, 1.807) is 7.11 Å². The van der Waals surface area contributed by atoms with E-state index in [1.165, 1.54) is 38.5 Å². The lowest BCUT2D eigenvalue weighted by Crippen LogP contribution is -2.24. The van der Waals surface area contributed by atoms with E-state index >= 15 is 0 Å². The van der Waals surface area contributed by atoms with Crippen LogP contribution in [-0.2, 0) is 14.2 Å². The van der Waals surface area contributed by atoms with Gasteiger partial charge in [0.2, 0.25) is 0 Å². The summed E-state index contributed by atoms with van der Waals surface area (Å²) in [7, 11) is 1.65. The van der Waals surface area contributed by atoms with Gasteiger partial charge < -0.3 is 14.2 Å². The Morgan fingerprint density at radius 1 is 1.00 bits per heavy atom. The normalized spacial score (nSPS) is 29.5. The standard InChI is InChI=1S/C17H30O3/c1-14(18-2)19-12-13-20-17-10-8-16(9-11-17)15-6-4-3-5-7-15/h8,10,14-17H,3-7,9,11-13H2,1-2H3.